The smallest absolute Gasteiger partial charge is 0.342 e. The van der Waals surface area contributed by atoms with Gasteiger partial charge in [-0.3, -0.25) is 4.79 Å². The van der Waals surface area contributed by atoms with Gasteiger partial charge >= 0.3 is 5.97 Å². The molecular weight excluding hydrogens is 240 g/mol. The van der Waals surface area contributed by atoms with Gasteiger partial charge in [-0.05, 0) is 26.5 Å². The number of furan rings is 1. The van der Waals surface area contributed by atoms with Gasteiger partial charge in [0.1, 0.15) is 11.3 Å². The molecule has 1 heterocycles. The minimum atomic E-state index is -0.498. The summed E-state index contributed by atoms with van der Waals surface area (Å²) in [5.74, 6) is 0.530. The Labute approximate surface area is 105 Å². The predicted octanol–water partition coefficient (Wildman–Crippen LogP) is 3.08. The van der Waals surface area contributed by atoms with Crippen molar-refractivity contribution in [2.24, 2.45) is 0 Å². The van der Waals surface area contributed by atoms with Crippen molar-refractivity contribution in [1.29, 1.82) is 0 Å². The van der Waals surface area contributed by atoms with Crippen LogP contribution in [0.5, 0.6) is 0 Å². The third-order valence-corrected chi connectivity index (χ3v) is 3.00. The number of aryl methyl sites for hydroxylation is 1. The number of rotatable bonds is 5. The van der Waals surface area contributed by atoms with E-state index in [1.54, 1.807) is 13.8 Å². The van der Waals surface area contributed by atoms with Crippen LogP contribution in [0, 0.1) is 6.92 Å². The molecule has 1 aromatic heterocycles. The van der Waals surface area contributed by atoms with E-state index in [1.165, 1.54) is 18.7 Å². The Morgan fingerprint density at radius 2 is 1.94 bits per heavy atom. The molecule has 0 aliphatic carbocycles. The highest BCUT2D eigenvalue weighted by Gasteiger charge is 2.27. The Morgan fingerprint density at radius 3 is 2.41 bits per heavy atom. The molecule has 0 aromatic carbocycles. The fourth-order valence-electron chi connectivity index (χ4n) is 1.52. The van der Waals surface area contributed by atoms with Crippen molar-refractivity contribution in [3.63, 3.8) is 0 Å². The first kappa shape index (κ1) is 13.8. The molecule has 0 aliphatic rings. The van der Waals surface area contributed by atoms with Gasteiger partial charge in [0.25, 0.3) is 0 Å². The second-order valence-electron chi connectivity index (χ2n) is 3.41. The Hall–Kier alpha value is -1.23. The molecule has 0 bridgehead atoms. The summed E-state index contributed by atoms with van der Waals surface area (Å²) in [5, 5.41) is 0.501. The monoisotopic (exact) mass is 256 g/mol. The molecule has 1 aromatic rings. The SMILES string of the molecule is CCOC(=O)c1c(C)oc(SCC)c1C(C)=O. The van der Waals surface area contributed by atoms with Crippen LogP contribution in [-0.2, 0) is 4.74 Å². The van der Waals surface area contributed by atoms with Gasteiger partial charge in [0.2, 0.25) is 0 Å². The molecular formula is C12H16O4S. The molecule has 0 unspecified atom stereocenters. The minimum Gasteiger partial charge on any atom is -0.462 e. The van der Waals surface area contributed by atoms with Gasteiger partial charge in [0.15, 0.2) is 10.9 Å². The number of carbonyl (C=O) groups is 2. The van der Waals surface area contributed by atoms with E-state index < -0.39 is 5.97 Å². The first-order chi connectivity index (χ1) is 8.02. The molecule has 4 nitrogen and oxygen atoms in total. The third-order valence-electron chi connectivity index (χ3n) is 2.16. The van der Waals surface area contributed by atoms with E-state index in [1.807, 2.05) is 6.92 Å². The van der Waals surface area contributed by atoms with Gasteiger partial charge in [-0.2, -0.15) is 0 Å². The maximum atomic E-state index is 11.8. The summed E-state index contributed by atoms with van der Waals surface area (Å²) in [4.78, 5) is 23.4. The number of thioether (sulfide) groups is 1. The zero-order chi connectivity index (χ0) is 13.0. The number of carbonyl (C=O) groups excluding carboxylic acids is 2. The van der Waals surface area contributed by atoms with E-state index in [0.29, 0.717) is 16.4 Å². The Morgan fingerprint density at radius 1 is 1.29 bits per heavy atom. The molecule has 0 N–H and O–H groups in total. The summed E-state index contributed by atoms with van der Waals surface area (Å²) in [5.41, 5.74) is 0.600. The van der Waals surface area contributed by atoms with Gasteiger partial charge in [0.05, 0.1) is 12.2 Å². The van der Waals surface area contributed by atoms with Crippen molar-refractivity contribution in [2.45, 2.75) is 32.8 Å². The van der Waals surface area contributed by atoms with Crippen LogP contribution in [0.2, 0.25) is 0 Å². The van der Waals surface area contributed by atoms with Crippen LogP contribution < -0.4 is 0 Å². The largest absolute Gasteiger partial charge is 0.462 e. The summed E-state index contributed by atoms with van der Waals surface area (Å²) in [6, 6.07) is 0. The van der Waals surface area contributed by atoms with Gasteiger partial charge in [-0.25, -0.2) is 4.79 Å². The van der Waals surface area contributed by atoms with Crippen LogP contribution >= 0.6 is 11.8 Å². The summed E-state index contributed by atoms with van der Waals surface area (Å²) >= 11 is 1.41. The van der Waals surface area contributed by atoms with Gasteiger partial charge in [0, 0.05) is 0 Å². The van der Waals surface area contributed by atoms with Crippen LogP contribution in [0.15, 0.2) is 9.51 Å². The highest BCUT2D eigenvalue weighted by Crippen LogP contribution is 2.31. The Kier molecular flexibility index (Phi) is 4.81. The fraction of sp³-hybridized carbons (Fsp3) is 0.500. The fourth-order valence-corrected chi connectivity index (χ4v) is 2.36. The van der Waals surface area contributed by atoms with Crippen molar-refractivity contribution in [3.8, 4) is 0 Å². The normalized spacial score (nSPS) is 10.4. The van der Waals surface area contributed by atoms with E-state index in [-0.39, 0.29) is 18.0 Å². The topological polar surface area (TPSA) is 56.5 Å². The van der Waals surface area contributed by atoms with Crippen molar-refractivity contribution >= 4 is 23.5 Å². The van der Waals surface area contributed by atoms with Gasteiger partial charge in [-0.15, -0.1) is 0 Å². The van der Waals surface area contributed by atoms with E-state index in [0.717, 1.165) is 5.75 Å². The minimum absolute atomic E-state index is 0.180. The molecule has 0 spiro atoms. The van der Waals surface area contributed by atoms with E-state index in [9.17, 15) is 9.59 Å². The molecule has 17 heavy (non-hydrogen) atoms. The summed E-state index contributed by atoms with van der Waals surface area (Å²) in [6.07, 6.45) is 0. The molecule has 0 fully saturated rings. The molecule has 0 radical (unpaired) electrons. The van der Waals surface area contributed by atoms with E-state index in [4.69, 9.17) is 9.15 Å². The third kappa shape index (κ3) is 2.91. The summed E-state index contributed by atoms with van der Waals surface area (Å²) in [6.45, 7) is 7.04. The molecule has 5 heteroatoms. The molecule has 1 rings (SSSR count). The molecule has 0 saturated carbocycles. The molecule has 0 saturated heterocycles. The first-order valence-electron chi connectivity index (χ1n) is 5.47. The highest BCUT2D eigenvalue weighted by molar-refractivity contribution is 7.99. The van der Waals surface area contributed by atoms with Crippen LogP contribution in [-0.4, -0.2) is 24.1 Å². The quantitative estimate of drug-likeness (QED) is 0.460. The number of hydrogen-bond acceptors (Lipinski definition) is 5. The van der Waals surface area contributed by atoms with Crippen molar-refractivity contribution in [1.82, 2.24) is 0 Å². The average Bonchev–Trinajstić information content (AvgIpc) is 2.56. The maximum absolute atomic E-state index is 11.8. The Bertz CT molecular complexity index is 434. The lowest BCUT2D eigenvalue weighted by molar-refractivity contribution is 0.0521. The Balaban J connectivity index is 3.27. The van der Waals surface area contributed by atoms with Crippen molar-refractivity contribution in [3.05, 3.63) is 16.9 Å². The van der Waals surface area contributed by atoms with Crippen LogP contribution in [0.1, 0.15) is 47.2 Å². The number of ketones is 1. The molecule has 0 aliphatic heterocycles. The van der Waals surface area contributed by atoms with Crippen LogP contribution in [0.4, 0.5) is 0 Å². The van der Waals surface area contributed by atoms with Gasteiger partial charge < -0.3 is 9.15 Å². The van der Waals surface area contributed by atoms with Crippen molar-refractivity contribution in [2.75, 3.05) is 12.4 Å². The number of ether oxygens (including phenoxy) is 1. The second-order valence-corrected chi connectivity index (χ2v) is 4.64. The number of Topliss-reactive ketones (excluding diaryl/α,β-unsaturated/α-hetero) is 1. The zero-order valence-electron chi connectivity index (χ0n) is 10.5. The lowest BCUT2D eigenvalue weighted by Gasteiger charge is -2.02. The molecule has 94 valence electrons. The van der Waals surface area contributed by atoms with E-state index >= 15 is 0 Å². The van der Waals surface area contributed by atoms with Crippen LogP contribution in [0.25, 0.3) is 0 Å². The van der Waals surface area contributed by atoms with Gasteiger partial charge in [-0.1, -0.05) is 18.7 Å². The zero-order valence-corrected chi connectivity index (χ0v) is 11.3. The lowest BCUT2D eigenvalue weighted by atomic mass is 10.1. The predicted molar refractivity (Wildman–Crippen MR) is 65.8 cm³/mol. The van der Waals surface area contributed by atoms with Crippen LogP contribution in [0.3, 0.4) is 0 Å². The summed E-state index contributed by atoms with van der Waals surface area (Å²) < 4.78 is 10.4. The lowest BCUT2D eigenvalue weighted by Crippen LogP contribution is -2.10. The van der Waals surface area contributed by atoms with Crippen molar-refractivity contribution < 1.29 is 18.7 Å². The van der Waals surface area contributed by atoms with E-state index in [2.05, 4.69) is 0 Å². The second kappa shape index (κ2) is 5.91. The summed E-state index contributed by atoms with van der Waals surface area (Å²) in [7, 11) is 0. The number of hydrogen-bond donors (Lipinski definition) is 0. The molecule has 0 amide bonds. The standard InChI is InChI=1S/C12H16O4S/c1-5-15-11(14)10-8(4)16-12(17-6-2)9(10)7(3)13/h5-6H2,1-4H3. The highest BCUT2D eigenvalue weighted by atomic mass is 32.2. The average molecular weight is 256 g/mol. The molecule has 0 atom stereocenters. The number of esters is 1. The maximum Gasteiger partial charge on any atom is 0.342 e. The first-order valence-corrected chi connectivity index (χ1v) is 6.45.